The maximum atomic E-state index is 14.4. The van der Waals surface area contributed by atoms with E-state index in [0.29, 0.717) is 22.2 Å². The molecule has 0 amide bonds. The summed E-state index contributed by atoms with van der Waals surface area (Å²) in [4.78, 5) is 16.4. The third kappa shape index (κ3) is 4.32. The number of benzene rings is 1. The standard InChI is InChI=1S/C19H15ClFN7O2S/c1-30-18-15(5-11(20)8-24-18)31(29)28-13-3-9(2-12(21)6-13)14-4-10-7-25-19(23)27-17(10)26-16(14)22/h2-8,28H,1H3,(H4,22,23,25,26,27). The van der Waals surface area contributed by atoms with E-state index in [1.807, 2.05) is 0 Å². The van der Waals surface area contributed by atoms with Gasteiger partial charge in [0.05, 0.1) is 17.8 Å². The molecule has 0 saturated heterocycles. The third-order valence-corrected chi connectivity index (χ3v) is 5.53. The van der Waals surface area contributed by atoms with Crippen molar-refractivity contribution in [1.29, 1.82) is 0 Å². The van der Waals surface area contributed by atoms with Crippen LogP contribution in [0.5, 0.6) is 5.88 Å². The molecule has 3 aromatic heterocycles. The molecule has 1 unspecified atom stereocenters. The van der Waals surface area contributed by atoms with Crippen molar-refractivity contribution in [2.75, 3.05) is 23.3 Å². The lowest BCUT2D eigenvalue weighted by Gasteiger charge is -2.12. The van der Waals surface area contributed by atoms with Gasteiger partial charge in [-0.15, -0.1) is 0 Å². The molecule has 31 heavy (non-hydrogen) atoms. The van der Waals surface area contributed by atoms with Gasteiger partial charge in [-0.1, -0.05) is 11.6 Å². The average molecular weight is 460 g/mol. The van der Waals surface area contributed by atoms with Gasteiger partial charge in [-0.25, -0.2) is 23.6 Å². The number of methoxy groups -OCH3 is 1. The molecule has 0 saturated carbocycles. The molecule has 158 valence electrons. The molecule has 0 aliphatic carbocycles. The van der Waals surface area contributed by atoms with Gasteiger partial charge >= 0.3 is 0 Å². The van der Waals surface area contributed by atoms with Crippen LogP contribution in [-0.2, 0) is 11.0 Å². The second-order valence-electron chi connectivity index (χ2n) is 6.32. The number of ether oxygens (including phenoxy) is 1. The number of anilines is 3. The fraction of sp³-hybridized carbons (Fsp3) is 0.0526. The Hall–Kier alpha value is -3.57. The highest BCUT2D eigenvalue weighted by atomic mass is 35.5. The minimum atomic E-state index is -1.83. The molecule has 0 aliphatic rings. The van der Waals surface area contributed by atoms with E-state index in [1.54, 1.807) is 12.1 Å². The number of nitrogens with zero attached hydrogens (tertiary/aromatic N) is 4. The van der Waals surface area contributed by atoms with E-state index in [0.717, 1.165) is 0 Å². The molecule has 0 fully saturated rings. The van der Waals surface area contributed by atoms with Gasteiger partial charge in [0.1, 0.15) is 16.5 Å². The van der Waals surface area contributed by atoms with Gasteiger partial charge in [0.2, 0.25) is 11.8 Å². The van der Waals surface area contributed by atoms with Gasteiger partial charge in [0.15, 0.2) is 16.6 Å². The number of rotatable bonds is 5. The first-order chi connectivity index (χ1) is 14.8. The Morgan fingerprint density at radius 1 is 1.10 bits per heavy atom. The second-order valence-corrected chi connectivity index (χ2v) is 7.94. The average Bonchev–Trinajstić information content (AvgIpc) is 2.72. The van der Waals surface area contributed by atoms with Gasteiger partial charge < -0.3 is 20.9 Å². The van der Waals surface area contributed by atoms with Crippen LogP contribution in [0.4, 0.5) is 21.8 Å². The predicted octanol–water partition coefficient (Wildman–Crippen LogP) is 3.19. The van der Waals surface area contributed by atoms with Crippen LogP contribution in [0.25, 0.3) is 22.2 Å². The summed E-state index contributed by atoms with van der Waals surface area (Å²) in [5, 5.41) is 0.860. The topological polar surface area (TPSA) is 142 Å². The summed E-state index contributed by atoms with van der Waals surface area (Å²) in [5.74, 6) is -0.239. The first-order valence-corrected chi connectivity index (χ1v) is 10.2. The quantitative estimate of drug-likeness (QED) is 0.413. The Labute approximate surface area is 183 Å². The minimum Gasteiger partial charge on any atom is -0.480 e. The van der Waals surface area contributed by atoms with E-state index in [1.165, 1.54) is 37.7 Å². The number of pyridine rings is 2. The van der Waals surface area contributed by atoms with Crippen molar-refractivity contribution >= 4 is 51.1 Å². The highest BCUT2D eigenvalue weighted by Gasteiger charge is 2.16. The van der Waals surface area contributed by atoms with Gasteiger partial charge in [-0.05, 0) is 35.9 Å². The number of nitrogens with one attached hydrogen (secondary N) is 1. The maximum absolute atomic E-state index is 14.4. The Morgan fingerprint density at radius 2 is 1.90 bits per heavy atom. The Balaban J connectivity index is 1.72. The largest absolute Gasteiger partial charge is 0.480 e. The number of hydrogen-bond acceptors (Lipinski definition) is 8. The van der Waals surface area contributed by atoms with Crippen molar-refractivity contribution < 1.29 is 13.3 Å². The number of halogens is 2. The summed E-state index contributed by atoms with van der Waals surface area (Å²) in [6.45, 7) is 0. The number of nitrogen functional groups attached to an aromatic ring is 2. The van der Waals surface area contributed by atoms with Crippen molar-refractivity contribution in [2.24, 2.45) is 0 Å². The smallest absolute Gasteiger partial charge is 0.231 e. The number of fused-ring (bicyclic) bond motifs is 1. The SMILES string of the molecule is COc1ncc(Cl)cc1S(=O)Nc1cc(F)cc(-c2cc3cnc(N)nc3nc2N)c1. The van der Waals surface area contributed by atoms with Crippen LogP contribution in [0.3, 0.4) is 0 Å². The first kappa shape index (κ1) is 20.7. The minimum absolute atomic E-state index is 0.0674. The summed E-state index contributed by atoms with van der Waals surface area (Å²) in [5.41, 5.74) is 13.1. The summed E-state index contributed by atoms with van der Waals surface area (Å²) in [6, 6.07) is 7.19. The zero-order valence-electron chi connectivity index (χ0n) is 16.0. The van der Waals surface area contributed by atoms with Crippen LogP contribution in [0.2, 0.25) is 5.02 Å². The molecule has 5 N–H and O–H groups in total. The summed E-state index contributed by atoms with van der Waals surface area (Å²) in [7, 11) is -0.436. The molecule has 4 rings (SSSR count). The fourth-order valence-corrected chi connectivity index (χ4v) is 4.08. The van der Waals surface area contributed by atoms with Crippen molar-refractivity contribution in [3.63, 3.8) is 0 Å². The van der Waals surface area contributed by atoms with E-state index < -0.39 is 16.8 Å². The Kier molecular flexibility index (Phi) is 5.53. The molecule has 0 bridgehead atoms. The lowest BCUT2D eigenvalue weighted by molar-refractivity contribution is 0.386. The predicted molar refractivity (Wildman–Crippen MR) is 117 cm³/mol. The molecule has 0 aliphatic heterocycles. The van der Waals surface area contributed by atoms with Crippen LogP contribution in [0.1, 0.15) is 0 Å². The zero-order chi connectivity index (χ0) is 22.1. The van der Waals surface area contributed by atoms with Crippen molar-refractivity contribution in [3.8, 4) is 17.0 Å². The summed E-state index contributed by atoms with van der Waals surface area (Å²) >= 11 is 5.95. The van der Waals surface area contributed by atoms with Gasteiger partial charge in [-0.2, -0.15) is 4.98 Å². The van der Waals surface area contributed by atoms with Crippen molar-refractivity contribution in [3.05, 3.63) is 53.6 Å². The highest BCUT2D eigenvalue weighted by Crippen LogP contribution is 2.31. The van der Waals surface area contributed by atoms with Crippen LogP contribution in [0, 0.1) is 5.82 Å². The zero-order valence-corrected chi connectivity index (χ0v) is 17.5. The Bertz CT molecular complexity index is 1340. The summed E-state index contributed by atoms with van der Waals surface area (Å²) in [6.07, 6.45) is 2.87. The molecule has 12 heteroatoms. The number of hydrogen-bond donors (Lipinski definition) is 3. The van der Waals surface area contributed by atoms with E-state index in [4.69, 9.17) is 27.8 Å². The highest BCUT2D eigenvalue weighted by molar-refractivity contribution is 7.86. The van der Waals surface area contributed by atoms with Crippen LogP contribution < -0.4 is 20.9 Å². The molecule has 9 nitrogen and oxygen atoms in total. The maximum Gasteiger partial charge on any atom is 0.231 e. The van der Waals surface area contributed by atoms with Crippen LogP contribution in [0.15, 0.2) is 47.6 Å². The normalized spacial score (nSPS) is 12.0. The third-order valence-electron chi connectivity index (χ3n) is 4.21. The van der Waals surface area contributed by atoms with Crippen LogP contribution >= 0.6 is 11.6 Å². The second kappa shape index (κ2) is 8.28. The van der Waals surface area contributed by atoms with Gasteiger partial charge in [-0.3, -0.25) is 0 Å². The molecule has 1 aromatic carbocycles. The molecule has 1 atom stereocenters. The van der Waals surface area contributed by atoms with Crippen molar-refractivity contribution in [1.82, 2.24) is 19.9 Å². The van der Waals surface area contributed by atoms with Crippen molar-refractivity contribution in [2.45, 2.75) is 4.90 Å². The molecule has 3 heterocycles. The number of nitrogens with two attached hydrogens (primary N) is 2. The number of aromatic nitrogens is 4. The molecular weight excluding hydrogens is 445 g/mol. The fourth-order valence-electron chi connectivity index (χ4n) is 2.88. The molecule has 0 spiro atoms. The van der Waals surface area contributed by atoms with Crippen LogP contribution in [-0.4, -0.2) is 31.3 Å². The lowest BCUT2D eigenvalue weighted by Crippen LogP contribution is -2.08. The van der Waals surface area contributed by atoms with E-state index in [2.05, 4.69) is 24.7 Å². The Morgan fingerprint density at radius 3 is 2.68 bits per heavy atom. The molecular formula is C19H15ClFN7O2S. The lowest BCUT2D eigenvalue weighted by atomic mass is 10.0. The van der Waals surface area contributed by atoms with E-state index in [9.17, 15) is 8.60 Å². The van der Waals surface area contributed by atoms with E-state index >= 15 is 0 Å². The molecule has 4 aromatic rings. The van der Waals surface area contributed by atoms with Gasteiger partial charge in [0, 0.05) is 23.3 Å². The summed E-state index contributed by atoms with van der Waals surface area (Å²) < 4.78 is 35.0. The molecule has 0 radical (unpaired) electrons. The van der Waals surface area contributed by atoms with Gasteiger partial charge in [0.25, 0.3) is 0 Å². The first-order valence-electron chi connectivity index (χ1n) is 8.71. The van der Waals surface area contributed by atoms with E-state index in [-0.39, 0.29) is 33.3 Å². The monoisotopic (exact) mass is 459 g/mol.